The van der Waals surface area contributed by atoms with Crippen LogP contribution >= 0.6 is 15.9 Å². The summed E-state index contributed by atoms with van der Waals surface area (Å²) in [5.41, 5.74) is 0.516. The van der Waals surface area contributed by atoms with Crippen molar-refractivity contribution in [3.05, 3.63) is 22.2 Å². The second-order valence-electron chi connectivity index (χ2n) is 6.02. The van der Waals surface area contributed by atoms with Crippen molar-refractivity contribution in [3.8, 4) is 11.5 Å². The van der Waals surface area contributed by atoms with Crippen molar-refractivity contribution in [3.63, 3.8) is 0 Å². The maximum absolute atomic E-state index is 10.2. The van der Waals surface area contributed by atoms with Crippen molar-refractivity contribution >= 4 is 15.9 Å². The van der Waals surface area contributed by atoms with Gasteiger partial charge in [0.15, 0.2) is 11.5 Å². The highest BCUT2D eigenvalue weighted by molar-refractivity contribution is 9.10. The number of halogens is 1. The lowest BCUT2D eigenvalue weighted by Gasteiger charge is -2.21. The molecule has 0 radical (unpaired) electrons. The van der Waals surface area contributed by atoms with Gasteiger partial charge < -0.3 is 14.6 Å². The lowest BCUT2D eigenvalue weighted by Crippen LogP contribution is -2.16. The van der Waals surface area contributed by atoms with E-state index < -0.39 is 5.60 Å². The number of aliphatic hydroxyl groups is 1. The van der Waals surface area contributed by atoms with Crippen molar-refractivity contribution in [2.75, 3.05) is 7.11 Å². The third-order valence-corrected chi connectivity index (χ3v) is 4.71. The Bertz CT molecular complexity index is 491. The summed E-state index contributed by atoms with van der Waals surface area (Å²) in [6, 6.07) is 3.98. The van der Waals surface area contributed by atoms with Crippen LogP contribution in [0.25, 0.3) is 0 Å². The number of benzene rings is 1. The first-order valence-corrected chi connectivity index (χ1v) is 8.14. The molecule has 0 aliphatic heterocycles. The van der Waals surface area contributed by atoms with Crippen LogP contribution in [0.15, 0.2) is 16.6 Å². The smallest absolute Gasteiger partial charge is 0.164 e. The van der Waals surface area contributed by atoms with Gasteiger partial charge in [-0.3, -0.25) is 0 Å². The Morgan fingerprint density at radius 1 is 1.30 bits per heavy atom. The highest BCUT2D eigenvalue weighted by Gasteiger charge is 2.41. The molecule has 1 aromatic carbocycles. The maximum Gasteiger partial charge on any atom is 0.164 e. The fourth-order valence-corrected chi connectivity index (χ4v) is 3.37. The SMILES string of the molecule is COc1cc(Br)cc(CC2(O)CC2)c1OC1CCCC1. The molecule has 0 spiro atoms. The molecule has 2 aliphatic rings. The lowest BCUT2D eigenvalue weighted by atomic mass is 10.0. The molecule has 1 aromatic rings. The minimum absolute atomic E-state index is 0.290. The molecule has 0 amide bonds. The summed E-state index contributed by atoms with van der Waals surface area (Å²) in [6.45, 7) is 0. The first-order chi connectivity index (χ1) is 9.59. The average Bonchev–Trinajstić information content (AvgIpc) is 2.92. The molecule has 3 nitrogen and oxygen atoms in total. The fraction of sp³-hybridized carbons (Fsp3) is 0.625. The zero-order valence-corrected chi connectivity index (χ0v) is 13.4. The predicted octanol–water partition coefficient (Wildman–Crippen LogP) is 3.85. The van der Waals surface area contributed by atoms with Crippen molar-refractivity contribution in [2.24, 2.45) is 0 Å². The largest absolute Gasteiger partial charge is 0.493 e. The molecule has 0 aromatic heterocycles. The number of hydrogen-bond donors (Lipinski definition) is 1. The number of ether oxygens (including phenoxy) is 2. The van der Waals surface area contributed by atoms with Crippen LogP contribution in [0.1, 0.15) is 44.1 Å². The van der Waals surface area contributed by atoms with E-state index in [1.807, 2.05) is 12.1 Å². The Morgan fingerprint density at radius 2 is 2.00 bits per heavy atom. The van der Waals surface area contributed by atoms with Gasteiger partial charge in [0.05, 0.1) is 18.8 Å². The van der Waals surface area contributed by atoms with E-state index in [9.17, 15) is 5.11 Å². The molecule has 2 fully saturated rings. The highest BCUT2D eigenvalue weighted by Crippen LogP contribution is 2.44. The van der Waals surface area contributed by atoms with Crippen molar-refractivity contribution in [1.29, 1.82) is 0 Å². The molecule has 0 unspecified atom stereocenters. The van der Waals surface area contributed by atoms with E-state index in [4.69, 9.17) is 9.47 Å². The molecule has 0 bridgehead atoms. The summed E-state index contributed by atoms with van der Waals surface area (Å²) >= 11 is 3.51. The highest BCUT2D eigenvalue weighted by atomic mass is 79.9. The summed E-state index contributed by atoms with van der Waals surface area (Å²) in [4.78, 5) is 0. The third kappa shape index (κ3) is 3.12. The standard InChI is InChI=1S/C16H21BrO3/c1-19-14-9-12(17)8-11(10-16(18)6-7-16)15(14)20-13-4-2-3-5-13/h8-9,13,18H,2-7,10H2,1H3. The maximum atomic E-state index is 10.2. The van der Waals surface area contributed by atoms with Crippen LogP contribution in [0.2, 0.25) is 0 Å². The second-order valence-corrected chi connectivity index (χ2v) is 6.94. The fourth-order valence-electron chi connectivity index (χ4n) is 2.89. The van der Waals surface area contributed by atoms with E-state index in [0.29, 0.717) is 6.42 Å². The summed E-state index contributed by atoms with van der Waals surface area (Å²) < 4.78 is 12.6. The van der Waals surface area contributed by atoms with Gasteiger partial charge in [-0.1, -0.05) is 15.9 Å². The summed E-state index contributed by atoms with van der Waals surface area (Å²) in [6.07, 6.45) is 7.40. The van der Waals surface area contributed by atoms with Gasteiger partial charge >= 0.3 is 0 Å². The molecule has 2 saturated carbocycles. The van der Waals surface area contributed by atoms with Crippen LogP contribution < -0.4 is 9.47 Å². The van der Waals surface area contributed by atoms with Gasteiger partial charge in [-0.15, -0.1) is 0 Å². The van der Waals surface area contributed by atoms with E-state index >= 15 is 0 Å². The number of rotatable bonds is 5. The van der Waals surface area contributed by atoms with Gasteiger partial charge in [0.2, 0.25) is 0 Å². The minimum atomic E-state index is -0.528. The Morgan fingerprint density at radius 3 is 2.60 bits per heavy atom. The molecule has 4 heteroatoms. The molecular formula is C16H21BrO3. The summed E-state index contributed by atoms with van der Waals surface area (Å²) in [5, 5.41) is 10.2. The van der Waals surface area contributed by atoms with Crippen LogP contribution in [0.4, 0.5) is 0 Å². The Hall–Kier alpha value is -0.740. The van der Waals surface area contributed by atoms with E-state index in [1.54, 1.807) is 7.11 Å². The van der Waals surface area contributed by atoms with Crippen molar-refractivity contribution < 1.29 is 14.6 Å². The van der Waals surface area contributed by atoms with Crippen LogP contribution in [0, 0.1) is 0 Å². The topological polar surface area (TPSA) is 38.7 Å². The number of hydrogen-bond acceptors (Lipinski definition) is 3. The van der Waals surface area contributed by atoms with Crippen molar-refractivity contribution in [1.82, 2.24) is 0 Å². The van der Waals surface area contributed by atoms with E-state index in [0.717, 1.165) is 47.2 Å². The molecule has 0 atom stereocenters. The van der Waals surface area contributed by atoms with Crippen LogP contribution in [0.3, 0.4) is 0 Å². The van der Waals surface area contributed by atoms with Crippen LogP contribution in [-0.2, 0) is 6.42 Å². The predicted molar refractivity (Wildman–Crippen MR) is 81.5 cm³/mol. The second kappa shape index (κ2) is 5.57. The van der Waals surface area contributed by atoms with Gasteiger partial charge in [0, 0.05) is 16.5 Å². The van der Waals surface area contributed by atoms with Gasteiger partial charge in [0.25, 0.3) is 0 Å². The first-order valence-electron chi connectivity index (χ1n) is 7.35. The van der Waals surface area contributed by atoms with E-state index in [1.165, 1.54) is 12.8 Å². The molecule has 0 heterocycles. The monoisotopic (exact) mass is 340 g/mol. The summed E-state index contributed by atoms with van der Waals surface area (Å²) in [5.74, 6) is 1.58. The minimum Gasteiger partial charge on any atom is -0.493 e. The average molecular weight is 341 g/mol. The molecule has 1 N–H and O–H groups in total. The lowest BCUT2D eigenvalue weighted by molar-refractivity contribution is 0.146. The molecule has 110 valence electrons. The zero-order chi connectivity index (χ0) is 14.2. The van der Waals surface area contributed by atoms with E-state index in [-0.39, 0.29) is 6.10 Å². The van der Waals surface area contributed by atoms with Crippen molar-refractivity contribution in [2.45, 2.75) is 56.7 Å². The number of methoxy groups -OCH3 is 1. The Kier molecular flexibility index (Phi) is 3.95. The molecular weight excluding hydrogens is 320 g/mol. The van der Waals surface area contributed by atoms with Crippen LogP contribution in [-0.4, -0.2) is 23.9 Å². The van der Waals surface area contributed by atoms with E-state index in [2.05, 4.69) is 15.9 Å². The Labute approximate surface area is 128 Å². The molecule has 3 rings (SSSR count). The van der Waals surface area contributed by atoms with Gasteiger partial charge in [-0.2, -0.15) is 0 Å². The summed E-state index contributed by atoms with van der Waals surface area (Å²) in [7, 11) is 1.67. The first kappa shape index (κ1) is 14.2. The quantitative estimate of drug-likeness (QED) is 0.884. The normalized spacial score (nSPS) is 20.9. The third-order valence-electron chi connectivity index (χ3n) is 4.25. The van der Waals surface area contributed by atoms with Gasteiger partial charge in [-0.05, 0) is 50.7 Å². The molecule has 20 heavy (non-hydrogen) atoms. The van der Waals surface area contributed by atoms with Crippen LogP contribution in [0.5, 0.6) is 11.5 Å². The Balaban J connectivity index is 1.89. The van der Waals surface area contributed by atoms with Gasteiger partial charge in [0.1, 0.15) is 0 Å². The zero-order valence-electron chi connectivity index (χ0n) is 11.8. The molecule has 0 saturated heterocycles. The van der Waals surface area contributed by atoms with Gasteiger partial charge in [-0.25, -0.2) is 0 Å². The molecule has 2 aliphatic carbocycles.